The summed E-state index contributed by atoms with van der Waals surface area (Å²) in [6.45, 7) is 4.87. The van der Waals surface area contributed by atoms with Gasteiger partial charge in [0.2, 0.25) is 0 Å². The van der Waals surface area contributed by atoms with E-state index in [4.69, 9.17) is 5.11 Å². The van der Waals surface area contributed by atoms with E-state index in [0.717, 1.165) is 0 Å². The summed E-state index contributed by atoms with van der Waals surface area (Å²) in [7, 11) is 0. The molecule has 1 N–H and O–H groups in total. The average Bonchev–Trinajstić information content (AvgIpc) is 2.03. The second kappa shape index (κ2) is 5.12. The van der Waals surface area contributed by atoms with E-state index in [2.05, 4.69) is 11.3 Å². The lowest BCUT2D eigenvalue weighted by molar-refractivity contribution is -0.143. The van der Waals surface area contributed by atoms with E-state index < -0.39 is 17.5 Å². The van der Waals surface area contributed by atoms with Crippen LogP contribution in [0.25, 0.3) is 0 Å². The number of carboxylic acids is 1. The van der Waals surface area contributed by atoms with Gasteiger partial charge in [0.05, 0.1) is 0 Å². The number of rotatable bonds is 4. The molecule has 0 bridgehead atoms. The topological polar surface area (TPSA) is 63.6 Å². The Morgan fingerprint density at radius 1 is 1.58 bits per heavy atom. The van der Waals surface area contributed by atoms with Crippen LogP contribution in [0.15, 0.2) is 24.3 Å². The molecule has 0 unspecified atom stereocenters. The van der Waals surface area contributed by atoms with Crippen LogP contribution in [0, 0.1) is 0 Å². The van der Waals surface area contributed by atoms with E-state index in [0.29, 0.717) is 0 Å². The van der Waals surface area contributed by atoms with Crippen LogP contribution >= 0.6 is 0 Å². The Morgan fingerprint density at radius 3 is 2.58 bits per heavy atom. The van der Waals surface area contributed by atoms with Gasteiger partial charge in [-0.2, -0.15) is 0 Å². The summed E-state index contributed by atoms with van der Waals surface area (Å²) in [6, 6.07) is 0. The van der Waals surface area contributed by atoms with E-state index in [1.807, 2.05) is 0 Å². The van der Waals surface area contributed by atoms with Gasteiger partial charge in [-0.15, -0.1) is 0 Å². The first-order valence-corrected chi connectivity index (χ1v) is 3.30. The molecule has 0 radical (unpaired) electrons. The zero-order valence-electron chi connectivity index (χ0n) is 6.74. The van der Waals surface area contributed by atoms with Crippen molar-refractivity contribution in [1.29, 1.82) is 0 Å². The van der Waals surface area contributed by atoms with E-state index in [1.54, 1.807) is 19.1 Å². The van der Waals surface area contributed by atoms with Gasteiger partial charge in [0, 0.05) is 0 Å². The number of hydrogen-bond donors (Lipinski definition) is 1. The van der Waals surface area contributed by atoms with Gasteiger partial charge in [-0.05, 0) is 6.92 Å². The number of carbonyl (C=O) groups is 2. The van der Waals surface area contributed by atoms with Crippen LogP contribution in [0.1, 0.15) is 6.92 Å². The van der Waals surface area contributed by atoms with E-state index in [9.17, 15) is 9.59 Å². The number of aliphatic carboxylic acids is 1. The number of carboxylic acid groups (broad SMARTS) is 1. The molecule has 0 fully saturated rings. The second-order valence-corrected chi connectivity index (χ2v) is 1.95. The molecule has 0 spiro atoms. The molecular weight excluding hydrogens is 160 g/mol. The summed E-state index contributed by atoms with van der Waals surface area (Å²) in [4.78, 5) is 20.9. The summed E-state index contributed by atoms with van der Waals surface area (Å²) >= 11 is 0. The van der Waals surface area contributed by atoms with Gasteiger partial charge in [-0.25, -0.2) is 9.59 Å². The van der Waals surface area contributed by atoms with Crippen LogP contribution in [0.5, 0.6) is 0 Å². The van der Waals surface area contributed by atoms with Crippen LogP contribution in [0.3, 0.4) is 0 Å². The Morgan fingerprint density at radius 2 is 2.17 bits per heavy atom. The van der Waals surface area contributed by atoms with Crippen molar-refractivity contribution < 1.29 is 19.4 Å². The molecule has 0 saturated heterocycles. The SMILES string of the molecule is C=C(C(=O)O)C(=O)OCC=CC. The molecule has 4 heteroatoms. The predicted octanol–water partition coefficient (Wildman–Crippen LogP) is 0.746. The van der Waals surface area contributed by atoms with Gasteiger partial charge in [0.1, 0.15) is 12.2 Å². The molecular formula is C8H10O4. The van der Waals surface area contributed by atoms with Crippen LogP contribution in [-0.4, -0.2) is 23.7 Å². The minimum Gasteiger partial charge on any atom is -0.477 e. The van der Waals surface area contributed by atoms with Gasteiger partial charge in [0.25, 0.3) is 0 Å². The summed E-state index contributed by atoms with van der Waals surface area (Å²) in [5.74, 6) is -2.26. The zero-order valence-corrected chi connectivity index (χ0v) is 6.74. The molecule has 0 aromatic carbocycles. The minimum atomic E-state index is -1.36. The Balaban J connectivity index is 3.89. The van der Waals surface area contributed by atoms with Gasteiger partial charge in [-0.1, -0.05) is 18.7 Å². The molecule has 0 atom stereocenters. The van der Waals surface area contributed by atoms with Crippen molar-refractivity contribution in [2.24, 2.45) is 0 Å². The van der Waals surface area contributed by atoms with Crippen LogP contribution in [-0.2, 0) is 14.3 Å². The largest absolute Gasteiger partial charge is 0.477 e. The summed E-state index contributed by atoms with van der Waals surface area (Å²) < 4.78 is 4.50. The highest BCUT2D eigenvalue weighted by Crippen LogP contribution is 1.94. The average molecular weight is 170 g/mol. The molecule has 0 heterocycles. The third kappa shape index (κ3) is 3.55. The van der Waals surface area contributed by atoms with Crippen molar-refractivity contribution in [3.05, 3.63) is 24.3 Å². The number of ether oxygens (including phenoxy) is 1. The highest BCUT2D eigenvalue weighted by Gasteiger charge is 2.14. The summed E-state index contributed by atoms with van der Waals surface area (Å²) in [5, 5.41) is 8.29. The Kier molecular flexibility index (Phi) is 4.45. The molecule has 0 saturated carbocycles. The van der Waals surface area contributed by atoms with Gasteiger partial charge < -0.3 is 9.84 Å². The third-order valence-electron chi connectivity index (χ3n) is 1.05. The Hall–Kier alpha value is -1.58. The molecule has 0 aliphatic heterocycles. The molecule has 66 valence electrons. The maximum atomic E-state index is 10.7. The minimum absolute atomic E-state index is 0.0711. The summed E-state index contributed by atoms with van der Waals surface area (Å²) in [6.07, 6.45) is 3.28. The molecule has 0 aliphatic carbocycles. The van der Waals surface area contributed by atoms with Gasteiger partial charge in [0.15, 0.2) is 0 Å². The molecule has 0 rings (SSSR count). The standard InChI is InChI=1S/C8H10O4/c1-3-4-5-12-8(11)6(2)7(9)10/h3-4H,2,5H2,1H3,(H,9,10). The van der Waals surface area contributed by atoms with Crippen molar-refractivity contribution in [3.8, 4) is 0 Å². The molecule has 12 heavy (non-hydrogen) atoms. The molecule has 0 aromatic heterocycles. The van der Waals surface area contributed by atoms with Crippen LogP contribution in [0.2, 0.25) is 0 Å². The van der Waals surface area contributed by atoms with Crippen molar-refractivity contribution in [1.82, 2.24) is 0 Å². The third-order valence-corrected chi connectivity index (χ3v) is 1.05. The first-order valence-electron chi connectivity index (χ1n) is 3.30. The zero-order chi connectivity index (χ0) is 9.56. The van der Waals surface area contributed by atoms with E-state index >= 15 is 0 Å². The fourth-order valence-electron chi connectivity index (χ4n) is 0.394. The molecule has 4 nitrogen and oxygen atoms in total. The summed E-state index contributed by atoms with van der Waals surface area (Å²) in [5.41, 5.74) is -0.556. The van der Waals surface area contributed by atoms with Crippen molar-refractivity contribution in [2.45, 2.75) is 6.92 Å². The lowest BCUT2D eigenvalue weighted by Gasteiger charge is -1.99. The first kappa shape index (κ1) is 10.4. The highest BCUT2D eigenvalue weighted by atomic mass is 16.5. The number of carbonyl (C=O) groups excluding carboxylic acids is 1. The predicted molar refractivity (Wildman–Crippen MR) is 42.5 cm³/mol. The maximum absolute atomic E-state index is 10.7. The number of allylic oxidation sites excluding steroid dienone is 1. The number of hydrogen-bond acceptors (Lipinski definition) is 3. The number of esters is 1. The van der Waals surface area contributed by atoms with Crippen molar-refractivity contribution in [2.75, 3.05) is 6.61 Å². The normalized spacial score (nSPS) is 9.75. The molecule has 0 amide bonds. The van der Waals surface area contributed by atoms with Crippen molar-refractivity contribution in [3.63, 3.8) is 0 Å². The van der Waals surface area contributed by atoms with Crippen LogP contribution < -0.4 is 0 Å². The smallest absolute Gasteiger partial charge is 0.345 e. The maximum Gasteiger partial charge on any atom is 0.345 e. The fraction of sp³-hybridized carbons (Fsp3) is 0.250. The van der Waals surface area contributed by atoms with E-state index in [-0.39, 0.29) is 6.61 Å². The quantitative estimate of drug-likeness (QED) is 0.222. The van der Waals surface area contributed by atoms with Gasteiger partial charge in [-0.3, -0.25) is 0 Å². The molecule has 0 aromatic rings. The van der Waals surface area contributed by atoms with Crippen molar-refractivity contribution >= 4 is 11.9 Å². The van der Waals surface area contributed by atoms with Gasteiger partial charge >= 0.3 is 11.9 Å². The Bertz CT molecular complexity index is 227. The Labute approximate surface area is 70.1 Å². The second-order valence-electron chi connectivity index (χ2n) is 1.95. The highest BCUT2D eigenvalue weighted by molar-refractivity contribution is 6.12. The molecule has 0 aliphatic rings. The van der Waals surface area contributed by atoms with E-state index in [1.165, 1.54) is 0 Å². The first-order chi connectivity index (χ1) is 5.59. The van der Waals surface area contributed by atoms with Crippen LogP contribution in [0.4, 0.5) is 0 Å². The fourth-order valence-corrected chi connectivity index (χ4v) is 0.394. The lowest BCUT2D eigenvalue weighted by atomic mass is 10.3. The lowest BCUT2D eigenvalue weighted by Crippen LogP contribution is -2.14. The monoisotopic (exact) mass is 170 g/mol.